The third kappa shape index (κ3) is 2.16. The van der Waals surface area contributed by atoms with E-state index in [0.29, 0.717) is 0 Å². The van der Waals surface area contributed by atoms with Crippen LogP contribution in [0.2, 0.25) is 0 Å². The summed E-state index contributed by atoms with van der Waals surface area (Å²) in [5.74, 6) is 1.77. The van der Waals surface area contributed by atoms with Crippen molar-refractivity contribution >= 4 is 22.7 Å². The number of nitrogens with zero attached hydrogens (tertiary/aromatic N) is 1. The summed E-state index contributed by atoms with van der Waals surface area (Å²) in [4.78, 5) is 1.45. The Balaban J connectivity index is 1.84. The highest BCUT2D eigenvalue weighted by atomic mass is 32.2. The molecular formula is C22H23NS. The number of thioether (sulfide) groups is 1. The second-order valence-corrected chi connectivity index (χ2v) is 8.30. The van der Waals surface area contributed by atoms with Crippen molar-refractivity contribution in [2.45, 2.75) is 55.7 Å². The SMILES string of the molecule is Cc1ccc2c(C3CCCCC3)c3n(c2c1)CSc1ccccc1-3. The predicted octanol–water partition coefficient (Wildman–Crippen LogP) is 6.73. The maximum absolute atomic E-state index is 2.58. The number of fused-ring (bicyclic) bond motifs is 5. The van der Waals surface area contributed by atoms with E-state index in [1.54, 1.807) is 5.56 Å². The van der Waals surface area contributed by atoms with E-state index < -0.39 is 0 Å². The Bertz CT molecular complexity index is 915. The fourth-order valence-electron chi connectivity index (χ4n) is 4.64. The fraction of sp³-hybridized carbons (Fsp3) is 0.364. The summed E-state index contributed by atoms with van der Waals surface area (Å²) in [5, 5.41) is 1.50. The number of hydrogen-bond donors (Lipinski definition) is 0. The first-order valence-corrected chi connectivity index (χ1v) is 10.2. The van der Waals surface area contributed by atoms with Crippen molar-refractivity contribution in [3.05, 3.63) is 53.6 Å². The molecule has 1 saturated carbocycles. The highest BCUT2D eigenvalue weighted by Crippen LogP contribution is 2.49. The van der Waals surface area contributed by atoms with Crippen LogP contribution in [-0.4, -0.2) is 4.57 Å². The van der Waals surface area contributed by atoms with E-state index >= 15 is 0 Å². The zero-order valence-electron chi connectivity index (χ0n) is 14.2. The molecule has 0 unspecified atom stereocenters. The molecule has 24 heavy (non-hydrogen) atoms. The average Bonchev–Trinajstić information content (AvgIpc) is 2.96. The van der Waals surface area contributed by atoms with Gasteiger partial charge in [-0.3, -0.25) is 0 Å². The standard InChI is InChI=1S/C22H23NS/c1-15-11-12-17-19(13-15)23-14-24-20-10-6-5-9-18(20)22(23)21(17)16-7-3-2-4-8-16/h5-6,9-13,16H,2-4,7-8,14H2,1H3. The number of rotatable bonds is 1. The molecule has 0 saturated heterocycles. The van der Waals surface area contributed by atoms with Crippen LogP contribution in [-0.2, 0) is 5.88 Å². The third-order valence-corrected chi connectivity index (χ3v) is 6.82. The van der Waals surface area contributed by atoms with Crippen LogP contribution in [0.4, 0.5) is 0 Å². The lowest BCUT2D eigenvalue weighted by molar-refractivity contribution is 0.445. The first-order chi connectivity index (χ1) is 11.8. The minimum atomic E-state index is 0.733. The van der Waals surface area contributed by atoms with Crippen LogP contribution >= 0.6 is 11.8 Å². The van der Waals surface area contributed by atoms with Gasteiger partial charge in [-0.05, 0) is 48.9 Å². The lowest BCUT2D eigenvalue weighted by atomic mass is 9.82. The molecule has 1 aromatic heterocycles. The summed E-state index contributed by atoms with van der Waals surface area (Å²) in [6, 6.07) is 16.0. The van der Waals surface area contributed by atoms with E-state index in [2.05, 4.69) is 54.0 Å². The summed E-state index contributed by atoms with van der Waals surface area (Å²) < 4.78 is 2.58. The van der Waals surface area contributed by atoms with Crippen molar-refractivity contribution in [2.24, 2.45) is 0 Å². The zero-order valence-corrected chi connectivity index (χ0v) is 15.0. The number of aryl methyl sites for hydroxylation is 1. The molecule has 0 amide bonds. The van der Waals surface area contributed by atoms with Crippen molar-refractivity contribution in [1.29, 1.82) is 0 Å². The Hall–Kier alpha value is -1.67. The molecule has 1 aliphatic heterocycles. The van der Waals surface area contributed by atoms with E-state index in [4.69, 9.17) is 0 Å². The van der Waals surface area contributed by atoms with E-state index in [9.17, 15) is 0 Å². The summed E-state index contributed by atoms with van der Waals surface area (Å²) in [6.07, 6.45) is 6.90. The normalized spacial score (nSPS) is 17.7. The van der Waals surface area contributed by atoms with Crippen LogP contribution in [0.25, 0.3) is 22.2 Å². The molecule has 1 fully saturated rings. The van der Waals surface area contributed by atoms with Crippen LogP contribution in [0.1, 0.15) is 49.1 Å². The molecule has 0 radical (unpaired) electrons. The van der Waals surface area contributed by atoms with Crippen molar-refractivity contribution in [3.63, 3.8) is 0 Å². The molecule has 2 aromatic carbocycles. The quantitative estimate of drug-likeness (QED) is 0.478. The summed E-state index contributed by atoms with van der Waals surface area (Å²) in [6.45, 7) is 2.21. The topological polar surface area (TPSA) is 4.93 Å². The maximum Gasteiger partial charge on any atom is 0.0735 e. The molecule has 2 heterocycles. The molecule has 2 heteroatoms. The van der Waals surface area contributed by atoms with Crippen molar-refractivity contribution < 1.29 is 0 Å². The van der Waals surface area contributed by atoms with Gasteiger partial charge in [0.25, 0.3) is 0 Å². The zero-order chi connectivity index (χ0) is 16.1. The van der Waals surface area contributed by atoms with Crippen molar-refractivity contribution in [1.82, 2.24) is 4.57 Å². The van der Waals surface area contributed by atoms with Crippen LogP contribution in [0.3, 0.4) is 0 Å². The van der Waals surface area contributed by atoms with Crippen LogP contribution < -0.4 is 0 Å². The smallest absolute Gasteiger partial charge is 0.0735 e. The first kappa shape index (κ1) is 14.7. The van der Waals surface area contributed by atoms with Crippen LogP contribution in [0, 0.1) is 6.92 Å². The Morgan fingerprint density at radius 2 is 1.83 bits per heavy atom. The van der Waals surface area contributed by atoms with Gasteiger partial charge in [0.15, 0.2) is 0 Å². The summed E-state index contributed by atoms with van der Waals surface area (Å²) in [7, 11) is 0. The molecule has 0 bridgehead atoms. The molecule has 0 N–H and O–H groups in total. The summed E-state index contributed by atoms with van der Waals surface area (Å²) in [5.41, 5.74) is 7.40. The molecule has 122 valence electrons. The largest absolute Gasteiger partial charge is 0.330 e. The van der Waals surface area contributed by atoms with E-state index in [1.807, 2.05) is 11.8 Å². The molecular weight excluding hydrogens is 310 g/mol. The van der Waals surface area contributed by atoms with E-state index in [-0.39, 0.29) is 0 Å². The molecule has 0 spiro atoms. The molecule has 3 aromatic rings. The number of aromatic nitrogens is 1. The second kappa shape index (κ2) is 5.70. The van der Waals surface area contributed by atoms with Gasteiger partial charge in [-0.2, -0.15) is 0 Å². The van der Waals surface area contributed by atoms with Gasteiger partial charge in [-0.1, -0.05) is 49.6 Å². The van der Waals surface area contributed by atoms with Gasteiger partial charge in [0.1, 0.15) is 0 Å². The Morgan fingerprint density at radius 1 is 1.00 bits per heavy atom. The lowest BCUT2D eigenvalue weighted by Gasteiger charge is -2.26. The van der Waals surface area contributed by atoms with Crippen LogP contribution in [0.15, 0.2) is 47.4 Å². The third-order valence-electron chi connectivity index (χ3n) is 5.76. The summed E-state index contributed by atoms with van der Waals surface area (Å²) >= 11 is 1.98. The molecule has 2 aliphatic rings. The van der Waals surface area contributed by atoms with E-state index in [1.165, 1.54) is 64.7 Å². The first-order valence-electron chi connectivity index (χ1n) is 9.18. The Kier molecular flexibility index (Phi) is 3.48. The Morgan fingerprint density at radius 3 is 2.71 bits per heavy atom. The highest BCUT2D eigenvalue weighted by Gasteiger charge is 2.29. The molecule has 1 nitrogen and oxygen atoms in total. The average molecular weight is 334 g/mol. The monoisotopic (exact) mass is 333 g/mol. The van der Waals surface area contributed by atoms with Crippen molar-refractivity contribution in [2.75, 3.05) is 0 Å². The highest BCUT2D eigenvalue weighted by molar-refractivity contribution is 7.98. The van der Waals surface area contributed by atoms with E-state index in [0.717, 1.165) is 11.8 Å². The van der Waals surface area contributed by atoms with Gasteiger partial charge in [0.05, 0.1) is 11.6 Å². The van der Waals surface area contributed by atoms with Gasteiger partial charge in [-0.15, -0.1) is 11.8 Å². The minimum Gasteiger partial charge on any atom is -0.330 e. The molecule has 1 aliphatic carbocycles. The van der Waals surface area contributed by atoms with Gasteiger partial charge in [-0.25, -0.2) is 0 Å². The van der Waals surface area contributed by atoms with Crippen molar-refractivity contribution in [3.8, 4) is 11.3 Å². The second-order valence-electron chi connectivity index (χ2n) is 7.32. The number of benzene rings is 2. The maximum atomic E-state index is 2.58. The van der Waals surface area contributed by atoms with Gasteiger partial charge in [0, 0.05) is 21.4 Å². The van der Waals surface area contributed by atoms with Gasteiger partial charge < -0.3 is 4.57 Å². The Labute approximate surface area is 148 Å². The fourth-order valence-corrected chi connectivity index (χ4v) is 5.67. The van der Waals surface area contributed by atoms with Gasteiger partial charge in [0.2, 0.25) is 0 Å². The minimum absolute atomic E-state index is 0.733. The molecule has 5 rings (SSSR count). The lowest BCUT2D eigenvalue weighted by Crippen LogP contribution is -2.09. The van der Waals surface area contributed by atoms with Crippen LogP contribution in [0.5, 0.6) is 0 Å². The number of hydrogen-bond acceptors (Lipinski definition) is 1. The molecule has 0 atom stereocenters. The van der Waals surface area contributed by atoms with Gasteiger partial charge >= 0.3 is 0 Å². The predicted molar refractivity (Wildman–Crippen MR) is 104 cm³/mol.